The quantitative estimate of drug-likeness (QED) is 0.557. The zero-order valence-electron chi connectivity index (χ0n) is 5.59. The Bertz CT molecular complexity index is 187. The number of rotatable bonds is 1. The highest BCUT2D eigenvalue weighted by molar-refractivity contribution is 5.59. The average molecular weight is 121 g/mol. The molecule has 48 valence electrons. The molecule has 0 heterocycles. The molecular formula is C8H11N. The first-order valence-electron chi connectivity index (χ1n) is 3.05. The van der Waals surface area contributed by atoms with Crippen molar-refractivity contribution >= 4 is 0 Å². The summed E-state index contributed by atoms with van der Waals surface area (Å²) in [6.45, 7) is 5.73. The third-order valence-corrected chi connectivity index (χ3v) is 1.47. The fraction of sp³-hybridized carbons (Fsp3) is 0.250. The van der Waals surface area contributed by atoms with E-state index in [0.717, 1.165) is 5.57 Å². The van der Waals surface area contributed by atoms with Crippen molar-refractivity contribution in [1.29, 1.82) is 0 Å². The van der Waals surface area contributed by atoms with E-state index in [1.165, 1.54) is 5.57 Å². The number of nitrogens with two attached hydrogens (primary N) is 1. The van der Waals surface area contributed by atoms with Crippen LogP contribution >= 0.6 is 0 Å². The summed E-state index contributed by atoms with van der Waals surface area (Å²) in [5, 5.41) is 0. The van der Waals surface area contributed by atoms with E-state index >= 15 is 0 Å². The van der Waals surface area contributed by atoms with Crippen molar-refractivity contribution in [2.45, 2.75) is 13.0 Å². The largest absolute Gasteiger partial charge is 0.320 e. The number of hydrogen-bond acceptors (Lipinski definition) is 1. The molecule has 0 spiro atoms. The number of allylic oxidation sites excluding steroid dienone is 3. The number of hydrogen-bond donors (Lipinski definition) is 1. The molecule has 1 fully saturated rings. The summed E-state index contributed by atoms with van der Waals surface area (Å²) in [7, 11) is 0. The molecule has 0 saturated heterocycles. The van der Waals surface area contributed by atoms with E-state index in [1.54, 1.807) is 0 Å². The van der Waals surface area contributed by atoms with Crippen molar-refractivity contribution in [3.63, 3.8) is 0 Å². The van der Waals surface area contributed by atoms with E-state index in [2.05, 4.69) is 6.58 Å². The summed E-state index contributed by atoms with van der Waals surface area (Å²) in [5.74, 6) is 0. The molecule has 1 aliphatic rings. The predicted octanol–water partition coefficient (Wildman–Crippen LogP) is 1.39. The van der Waals surface area contributed by atoms with E-state index in [-0.39, 0.29) is 6.04 Å². The van der Waals surface area contributed by atoms with Gasteiger partial charge in [0, 0.05) is 0 Å². The fourth-order valence-corrected chi connectivity index (χ4v) is 0.717. The van der Waals surface area contributed by atoms with Crippen molar-refractivity contribution in [3.05, 3.63) is 36.0 Å². The molecule has 1 rings (SSSR count). The second-order valence-electron chi connectivity index (χ2n) is 2.15. The maximum atomic E-state index is 5.55. The van der Waals surface area contributed by atoms with Crippen LogP contribution in [0.25, 0.3) is 0 Å². The van der Waals surface area contributed by atoms with Gasteiger partial charge in [-0.25, -0.2) is 0 Å². The van der Waals surface area contributed by atoms with Crippen molar-refractivity contribution in [1.82, 2.24) is 0 Å². The van der Waals surface area contributed by atoms with Gasteiger partial charge in [-0.15, -0.1) is 0 Å². The van der Waals surface area contributed by atoms with Gasteiger partial charge < -0.3 is 5.73 Å². The summed E-state index contributed by atoms with van der Waals surface area (Å²) in [6, 6.07) is 0.154. The summed E-state index contributed by atoms with van der Waals surface area (Å²) in [6.07, 6.45) is 5.96. The van der Waals surface area contributed by atoms with Gasteiger partial charge in [-0.05, 0) is 18.1 Å². The van der Waals surface area contributed by atoms with Crippen LogP contribution in [0.1, 0.15) is 6.92 Å². The zero-order chi connectivity index (χ0) is 6.85. The molecule has 1 atom stereocenters. The third-order valence-electron chi connectivity index (χ3n) is 1.47. The van der Waals surface area contributed by atoms with Crippen LogP contribution in [0.3, 0.4) is 0 Å². The molecule has 0 radical (unpaired) electrons. The maximum absolute atomic E-state index is 5.55. The summed E-state index contributed by atoms with van der Waals surface area (Å²) < 4.78 is 0. The Hall–Kier alpha value is -0.820. The SMILES string of the molecule is C=C1/C(=C/C=C\C)C1N. The molecule has 0 bridgehead atoms. The summed E-state index contributed by atoms with van der Waals surface area (Å²) in [5.41, 5.74) is 7.81. The van der Waals surface area contributed by atoms with Crippen molar-refractivity contribution in [2.24, 2.45) is 5.73 Å². The highest BCUT2D eigenvalue weighted by Crippen LogP contribution is 2.32. The monoisotopic (exact) mass is 121 g/mol. The first-order valence-corrected chi connectivity index (χ1v) is 3.05. The molecule has 0 aromatic heterocycles. The van der Waals surface area contributed by atoms with Gasteiger partial charge in [0.15, 0.2) is 0 Å². The van der Waals surface area contributed by atoms with E-state index in [9.17, 15) is 0 Å². The Morgan fingerprint density at radius 3 is 2.56 bits per heavy atom. The molecule has 0 aliphatic heterocycles. The molecular weight excluding hydrogens is 110 g/mol. The Labute approximate surface area is 55.6 Å². The lowest BCUT2D eigenvalue weighted by atomic mass is 10.4. The Morgan fingerprint density at radius 1 is 1.67 bits per heavy atom. The third kappa shape index (κ3) is 1.11. The van der Waals surface area contributed by atoms with Crippen LogP contribution in [0, 0.1) is 0 Å². The van der Waals surface area contributed by atoms with Crippen LogP contribution in [-0.4, -0.2) is 6.04 Å². The standard InChI is InChI=1S/C8H11N/c1-3-4-5-7-6(2)8(7)9/h3-5,8H,2,9H2,1H3/b4-3-,7-5-. The highest BCUT2D eigenvalue weighted by Gasteiger charge is 2.29. The molecule has 1 unspecified atom stereocenters. The van der Waals surface area contributed by atoms with E-state index in [4.69, 9.17) is 5.73 Å². The Kier molecular flexibility index (Phi) is 1.54. The highest BCUT2D eigenvalue weighted by atomic mass is 14.7. The lowest BCUT2D eigenvalue weighted by Crippen LogP contribution is -1.96. The zero-order valence-corrected chi connectivity index (χ0v) is 5.59. The molecule has 1 aliphatic carbocycles. The minimum Gasteiger partial charge on any atom is -0.320 e. The topological polar surface area (TPSA) is 26.0 Å². The minimum atomic E-state index is 0.154. The minimum absolute atomic E-state index is 0.154. The van der Waals surface area contributed by atoms with E-state index in [1.807, 2.05) is 25.2 Å². The van der Waals surface area contributed by atoms with Crippen LogP contribution in [0.15, 0.2) is 36.0 Å². The first-order chi connectivity index (χ1) is 4.27. The molecule has 1 heteroatoms. The van der Waals surface area contributed by atoms with Crippen LogP contribution in [0.4, 0.5) is 0 Å². The maximum Gasteiger partial charge on any atom is 0.0552 e. The summed E-state index contributed by atoms with van der Waals surface area (Å²) in [4.78, 5) is 0. The average Bonchev–Trinajstić information content (AvgIpc) is 2.39. The first kappa shape index (κ1) is 6.30. The second kappa shape index (κ2) is 2.19. The van der Waals surface area contributed by atoms with Gasteiger partial charge in [-0.3, -0.25) is 0 Å². The van der Waals surface area contributed by atoms with E-state index < -0.39 is 0 Å². The van der Waals surface area contributed by atoms with Crippen molar-refractivity contribution < 1.29 is 0 Å². The van der Waals surface area contributed by atoms with Crippen molar-refractivity contribution in [2.75, 3.05) is 0 Å². The van der Waals surface area contributed by atoms with E-state index in [0.29, 0.717) is 0 Å². The van der Waals surface area contributed by atoms with Gasteiger partial charge in [0.05, 0.1) is 6.04 Å². The molecule has 2 N–H and O–H groups in total. The molecule has 1 nitrogen and oxygen atoms in total. The molecule has 0 aromatic rings. The summed E-state index contributed by atoms with van der Waals surface area (Å²) >= 11 is 0. The van der Waals surface area contributed by atoms with Crippen LogP contribution in [-0.2, 0) is 0 Å². The van der Waals surface area contributed by atoms with Crippen LogP contribution in [0.5, 0.6) is 0 Å². The van der Waals surface area contributed by atoms with Gasteiger partial charge in [0.1, 0.15) is 0 Å². The van der Waals surface area contributed by atoms with Gasteiger partial charge in [0.2, 0.25) is 0 Å². The lowest BCUT2D eigenvalue weighted by molar-refractivity contribution is 1.17. The molecule has 0 amide bonds. The van der Waals surface area contributed by atoms with Crippen LogP contribution < -0.4 is 5.73 Å². The van der Waals surface area contributed by atoms with Crippen LogP contribution in [0.2, 0.25) is 0 Å². The normalized spacial score (nSPS) is 30.2. The smallest absolute Gasteiger partial charge is 0.0552 e. The lowest BCUT2D eigenvalue weighted by Gasteiger charge is -1.69. The van der Waals surface area contributed by atoms with Gasteiger partial charge in [0.25, 0.3) is 0 Å². The fourth-order valence-electron chi connectivity index (χ4n) is 0.717. The van der Waals surface area contributed by atoms with Gasteiger partial charge in [-0.2, -0.15) is 0 Å². The molecule has 0 aromatic carbocycles. The van der Waals surface area contributed by atoms with Gasteiger partial charge in [-0.1, -0.05) is 24.8 Å². The second-order valence-corrected chi connectivity index (χ2v) is 2.15. The Balaban J connectivity index is 2.57. The predicted molar refractivity (Wildman–Crippen MR) is 40.0 cm³/mol. The molecule has 1 saturated carbocycles. The molecule has 9 heavy (non-hydrogen) atoms. The Morgan fingerprint density at radius 2 is 2.22 bits per heavy atom. The van der Waals surface area contributed by atoms with Gasteiger partial charge >= 0.3 is 0 Å². The van der Waals surface area contributed by atoms with Crippen molar-refractivity contribution in [3.8, 4) is 0 Å².